The molecule has 0 aliphatic carbocycles. The van der Waals surface area contributed by atoms with E-state index in [4.69, 9.17) is 0 Å². The minimum absolute atomic E-state index is 0.00231. The molecule has 0 aliphatic heterocycles. The summed E-state index contributed by atoms with van der Waals surface area (Å²) in [5.74, 6) is 0. The molecule has 0 N–H and O–H groups in total. The standard InChI is InChI=1S/C18H39P/c1-10-16(7,11-2)19(17(8,12-3)13-4)18(9,14-5)15-6/h10-15H2,1-9H3. The van der Waals surface area contributed by atoms with Gasteiger partial charge in [0.25, 0.3) is 0 Å². The molecule has 0 aromatic heterocycles. The molecule has 0 unspecified atom stereocenters. The van der Waals surface area contributed by atoms with Crippen molar-refractivity contribution in [2.24, 2.45) is 0 Å². The Morgan fingerprint density at radius 1 is 0.474 bits per heavy atom. The van der Waals surface area contributed by atoms with Crippen LogP contribution in [-0.4, -0.2) is 15.5 Å². The summed E-state index contributed by atoms with van der Waals surface area (Å²) >= 11 is 0. The van der Waals surface area contributed by atoms with E-state index in [-0.39, 0.29) is 7.92 Å². The van der Waals surface area contributed by atoms with Crippen LogP contribution in [-0.2, 0) is 0 Å². The average Bonchev–Trinajstić information content (AvgIpc) is 2.46. The zero-order valence-electron chi connectivity index (χ0n) is 15.2. The van der Waals surface area contributed by atoms with Crippen LogP contribution in [0, 0.1) is 0 Å². The van der Waals surface area contributed by atoms with E-state index >= 15 is 0 Å². The Morgan fingerprint density at radius 2 is 0.632 bits per heavy atom. The highest BCUT2D eigenvalue weighted by Crippen LogP contribution is 2.73. The zero-order chi connectivity index (χ0) is 15.3. The molecule has 0 spiro atoms. The number of rotatable bonds is 9. The van der Waals surface area contributed by atoms with E-state index in [1.165, 1.54) is 38.5 Å². The summed E-state index contributed by atoms with van der Waals surface area (Å²) in [6, 6.07) is 0. The minimum Gasteiger partial charge on any atom is -0.0885 e. The largest absolute Gasteiger partial charge is 0.0885 e. The van der Waals surface area contributed by atoms with E-state index in [1.807, 2.05) is 0 Å². The van der Waals surface area contributed by atoms with Crippen LogP contribution in [0.1, 0.15) is 101 Å². The highest BCUT2D eigenvalue weighted by molar-refractivity contribution is 7.62. The van der Waals surface area contributed by atoms with Gasteiger partial charge in [0.15, 0.2) is 0 Å². The van der Waals surface area contributed by atoms with Gasteiger partial charge >= 0.3 is 0 Å². The Bertz CT molecular complexity index is 202. The molecule has 0 aromatic carbocycles. The first-order valence-electron chi connectivity index (χ1n) is 8.53. The monoisotopic (exact) mass is 286 g/mol. The van der Waals surface area contributed by atoms with E-state index in [1.54, 1.807) is 0 Å². The molecule has 0 heterocycles. The third-order valence-corrected chi connectivity index (χ3v) is 11.3. The van der Waals surface area contributed by atoms with Crippen LogP contribution >= 0.6 is 7.92 Å². The Morgan fingerprint density at radius 3 is 0.737 bits per heavy atom. The van der Waals surface area contributed by atoms with Crippen molar-refractivity contribution in [2.75, 3.05) is 0 Å². The van der Waals surface area contributed by atoms with Gasteiger partial charge < -0.3 is 0 Å². The SMILES string of the molecule is CCC(C)(CC)P(C(C)(CC)CC)C(C)(CC)CC. The van der Waals surface area contributed by atoms with Gasteiger partial charge in [-0.15, -0.1) is 0 Å². The van der Waals surface area contributed by atoms with Crippen LogP contribution in [0.25, 0.3) is 0 Å². The molecule has 0 saturated carbocycles. The summed E-state index contributed by atoms with van der Waals surface area (Å²) in [6.07, 6.45) is 8.00. The molecule has 0 aliphatic rings. The van der Waals surface area contributed by atoms with Gasteiger partial charge in [-0.3, -0.25) is 0 Å². The van der Waals surface area contributed by atoms with Crippen molar-refractivity contribution in [3.8, 4) is 0 Å². The molecule has 0 nitrogen and oxygen atoms in total. The maximum absolute atomic E-state index is 2.58. The van der Waals surface area contributed by atoms with Crippen molar-refractivity contribution in [3.05, 3.63) is 0 Å². The van der Waals surface area contributed by atoms with Crippen molar-refractivity contribution in [2.45, 2.75) is 116 Å². The maximum Gasteiger partial charge on any atom is -0.0118 e. The normalized spacial score (nSPS) is 14.2. The van der Waals surface area contributed by atoms with Crippen molar-refractivity contribution in [1.29, 1.82) is 0 Å². The summed E-state index contributed by atoms with van der Waals surface area (Å²) in [5, 5.41) is 1.62. The van der Waals surface area contributed by atoms with Gasteiger partial charge in [-0.25, -0.2) is 0 Å². The highest BCUT2D eigenvalue weighted by Gasteiger charge is 2.49. The lowest BCUT2D eigenvalue weighted by atomic mass is 10.0. The quantitative estimate of drug-likeness (QED) is 0.393. The summed E-state index contributed by atoms with van der Waals surface area (Å²) in [4.78, 5) is 0. The van der Waals surface area contributed by atoms with Crippen LogP contribution in [0.15, 0.2) is 0 Å². The molecule has 0 atom stereocenters. The van der Waals surface area contributed by atoms with Crippen molar-refractivity contribution in [3.63, 3.8) is 0 Å². The van der Waals surface area contributed by atoms with Gasteiger partial charge in [0.05, 0.1) is 0 Å². The smallest absolute Gasteiger partial charge is 0.0118 e. The Kier molecular flexibility index (Phi) is 7.61. The van der Waals surface area contributed by atoms with E-state index < -0.39 is 0 Å². The average molecular weight is 286 g/mol. The second-order valence-electron chi connectivity index (χ2n) is 6.95. The van der Waals surface area contributed by atoms with Gasteiger partial charge in [-0.05, 0) is 54.0 Å². The minimum atomic E-state index is 0.00231. The fraction of sp³-hybridized carbons (Fsp3) is 1.00. The molecule has 0 fully saturated rings. The molecule has 0 aromatic rings. The second kappa shape index (κ2) is 7.44. The van der Waals surface area contributed by atoms with E-state index in [2.05, 4.69) is 62.3 Å². The molecule has 116 valence electrons. The molecule has 0 amide bonds. The van der Waals surface area contributed by atoms with E-state index in [0.717, 1.165) is 0 Å². The van der Waals surface area contributed by atoms with Crippen molar-refractivity contribution in [1.82, 2.24) is 0 Å². The summed E-state index contributed by atoms with van der Waals surface area (Å²) in [5.41, 5.74) is 0. The van der Waals surface area contributed by atoms with Gasteiger partial charge in [-0.2, -0.15) is 0 Å². The molecule has 0 bridgehead atoms. The molecular weight excluding hydrogens is 247 g/mol. The van der Waals surface area contributed by atoms with Gasteiger partial charge in [-0.1, -0.05) is 70.2 Å². The van der Waals surface area contributed by atoms with Crippen LogP contribution in [0.5, 0.6) is 0 Å². The lowest BCUT2D eigenvalue weighted by Gasteiger charge is -2.56. The maximum atomic E-state index is 2.58. The number of hydrogen-bond donors (Lipinski definition) is 0. The summed E-state index contributed by atoms with van der Waals surface area (Å²) in [7, 11) is 0.00231. The molecule has 0 radical (unpaired) electrons. The highest BCUT2D eigenvalue weighted by atomic mass is 31.1. The molecule has 0 saturated heterocycles. The molecule has 0 rings (SSSR count). The molecular formula is C18H39P. The first-order chi connectivity index (χ1) is 8.73. The van der Waals surface area contributed by atoms with Gasteiger partial charge in [0.2, 0.25) is 0 Å². The van der Waals surface area contributed by atoms with Gasteiger partial charge in [0, 0.05) is 0 Å². The van der Waals surface area contributed by atoms with Crippen LogP contribution < -0.4 is 0 Å². The van der Waals surface area contributed by atoms with E-state index in [0.29, 0.717) is 15.5 Å². The third kappa shape index (κ3) is 3.75. The fourth-order valence-corrected chi connectivity index (χ4v) is 9.46. The zero-order valence-corrected chi connectivity index (χ0v) is 16.1. The first-order valence-corrected chi connectivity index (χ1v) is 9.88. The Hall–Kier alpha value is 0.430. The van der Waals surface area contributed by atoms with E-state index in [9.17, 15) is 0 Å². The lowest BCUT2D eigenvalue weighted by Crippen LogP contribution is -2.42. The predicted octanol–water partition coefficient (Wildman–Crippen LogP) is 7.20. The van der Waals surface area contributed by atoms with Gasteiger partial charge in [0.1, 0.15) is 0 Å². The topological polar surface area (TPSA) is 0 Å². The fourth-order valence-electron chi connectivity index (χ4n) is 3.65. The number of hydrogen-bond acceptors (Lipinski definition) is 0. The Balaban J connectivity index is 5.88. The first kappa shape index (κ1) is 19.4. The second-order valence-corrected chi connectivity index (χ2v) is 10.9. The van der Waals surface area contributed by atoms with Crippen LogP contribution in [0.2, 0.25) is 0 Å². The van der Waals surface area contributed by atoms with Crippen LogP contribution in [0.3, 0.4) is 0 Å². The summed E-state index contributed by atoms with van der Waals surface area (Å²) < 4.78 is 0. The van der Waals surface area contributed by atoms with Crippen molar-refractivity contribution < 1.29 is 0 Å². The third-order valence-electron chi connectivity index (χ3n) is 6.19. The Labute approximate surface area is 124 Å². The predicted molar refractivity (Wildman–Crippen MR) is 93.9 cm³/mol. The summed E-state index contributed by atoms with van der Waals surface area (Å²) in [6.45, 7) is 22.2. The van der Waals surface area contributed by atoms with Crippen LogP contribution in [0.4, 0.5) is 0 Å². The van der Waals surface area contributed by atoms with Crippen molar-refractivity contribution >= 4 is 7.92 Å². The lowest BCUT2D eigenvalue weighted by molar-refractivity contribution is 0.474. The molecule has 19 heavy (non-hydrogen) atoms. The molecule has 1 heteroatoms.